The first-order valence-corrected chi connectivity index (χ1v) is 8.41. The molecule has 136 valence electrons. The van der Waals surface area contributed by atoms with Gasteiger partial charge in [-0.15, -0.1) is 0 Å². The monoisotopic (exact) mass is 353 g/mol. The van der Waals surface area contributed by atoms with Crippen LogP contribution in [0.3, 0.4) is 0 Å². The Balaban J connectivity index is 1.84. The van der Waals surface area contributed by atoms with Crippen LogP contribution in [0.4, 0.5) is 11.4 Å². The van der Waals surface area contributed by atoms with E-state index in [-0.39, 0.29) is 18.4 Å². The van der Waals surface area contributed by atoms with Crippen molar-refractivity contribution in [3.8, 4) is 0 Å². The van der Waals surface area contributed by atoms with Gasteiger partial charge in [-0.05, 0) is 48.7 Å². The Morgan fingerprint density at radius 2 is 1.50 bits per heavy atom. The van der Waals surface area contributed by atoms with Crippen LogP contribution in [0.2, 0.25) is 0 Å². The summed E-state index contributed by atoms with van der Waals surface area (Å²) in [6.07, 6.45) is 0.955. The van der Waals surface area contributed by atoms with Gasteiger partial charge in [0.15, 0.2) is 6.61 Å². The molecule has 2 rings (SSSR count). The Labute approximate surface area is 153 Å². The number of nitrogens with one attached hydrogen (secondary N) is 2. The number of aryl methyl sites for hydroxylation is 1. The summed E-state index contributed by atoms with van der Waals surface area (Å²) < 4.78 is 0. The summed E-state index contributed by atoms with van der Waals surface area (Å²) >= 11 is 0. The Morgan fingerprint density at radius 3 is 2.08 bits per heavy atom. The zero-order valence-corrected chi connectivity index (χ0v) is 15.2. The van der Waals surface area contributed by atoms with Gasteiger partial charge in [0.2, 0.25) is 5.91 Å². The molecule has 0 heterocycles. The lowest BCUT2D eigenvalue weighted by atomic mass is 10.1. The fourth-order valence-electron chi connectivity index (χ4n) is 2.26. The number of carbonyl (C=O) groups excluding carboxylic acids is 2. The minimum atomic E-state index is -0.271. The van der Waals surface area contributed by atoms with Crippen LogP contribution in [0.1, 0.15) is 31.9 Å². The Bertz CT molecular complexity index is 781. The van der Waals surface area contributed by atoms with Crippen molar-refractivity contribution in [3.05, 3.63) is 59.7 Å². The van der Waals surface area contributed by atoms with Crippen molar-refractivity contribution >= 4 is 28.9 Å². The lowest BCUT2D eigenvalue weighted by Gasteiger charge is -2.06. The number of benzene rings is 2. The Hall–Kier alpha value is -3.15. The van der Waals surface area contributed by atoms with Crippen molar-refractivity contribution < 1.29 is 14.4 Å². The molecule has 0 radical (unpaired) electrons. The molecule has 0 aliphatic carbocycles. The molecule has 2 aromatic carbocycles. The van der Waals surface area contributed by atoms with Crippen LogP contribution in [-0.2, 0) is 20.8 Å². The van der Waals surface area contributed by atoms with Crippen LogP contribution < -0.4 is 10.6 Å². The van der Waals surface area contributed by atoms with E-state index in [0.29, 0.717) is 11.4 Å². The first kappa shape index (κ1) is 19.2. The average molecular weight is 353 g/mol. The molecular weight excluding hydrogens is 330 g/mol. The van der Waals surface area contributed by atoms with Gasteiger partial charge in [0, 0.05) is 18.3 Å². The molecule has 0 aliphatic heterocycles. The predicted molar refractivity (Wildman–Crippen MR) is 103 cm³/mol. The van der Waals surface area contributed by atoms with Crippen LogP contribution >= 0.6 is 0 Å². The Morgan fingerprint density at radius 1 is 0.923 bits per heavy atom. The van der Waals surface area contributed by atoms with Gasteiger partial charge in [-0.1, -0.05) is 36.3 Å². The van der Waals surface area contributed by atoms with Crippen LogP contribution in [-0.4, -0.2) is 24.1 Å². The maximum atomic E-state index is 11.9. The number of carbonyl (C=O) groups is 2. The first-order chi connectivity index (χ1) is 12.5. The largest absolute Gasteiger partial charge is 0.385 e. The lowest BCUT2D eigenvalue weighted by Crippen LogP contribution is -2.17. The minimum Gasteiger partial charge on any atom is -0.385 e. The topological polar surface area (TPSA) is 79.8 Å². The normalized spacial score (nSPS) is 11.0. The molecule has 0 saturated heterocycles. The van der Waals surface area contributed by atoms with Gasteiger partial charge >= 0.3 is 0 Å². The third kappa shape index (κ3) is 6.05. The molecule has 6 nitrogen and oxygen atoms in total. The summed E-state index contributed by atoms with van der Waals surface area (Å²) in [5, 5.41) is 9.42. The second-order valence-electron chi connectivity index (χ2n) is 5.81. The second-order valence-corrected chi connectivity index (χ2v) is 5.81. The molecule has 0 saturated carbocycles. The van der Waals surface area contributed by atoms with Crippen LogP contribution in [0, 0.1) is 0 Å². The van der Waals surface area contributed by atoms with Crippen LogP contribution in [0.15, 0.2) is 53.7 Å². The van der Waals surface area contributed by atoms with E-state index in [9.17, 15) is 9.59 Å². The van der Waals surface area contributed by atoms with Gasteiger partial charge in [0.25, 0.3) is 5.91 Å². The fourth-order valence-corrected chi connectivity index (χ4v) is 2.26. The SMILES string of the molecule is CCc1ccc(NC(=O)CO/N=C(\C)c2ccc(NC(C)=O)cc2)cc1. The fraction of sp³-hybridized carbons (Fsp3) is 0.250. The van der Waals surface area contributed by atoms with Crippen molar-refractivity contribution in [3.63, 3.8) is 0 Å². The average Bonchev–Trinajstić information content (AvgIpc) is 2.62. The maximum absolute atomic E-state index is 11.9. The number of rotatable bonds is 7. The van der Waals surface area contributed by atoms with E-state index in [2.05, 4.69) is 22.7 Å². The molecule has 0 aliphatic rings. The molecule has 2 amide bonds. The molecule has 2 N–H and O–H groups in total. The van der Waals surface area contributed by atoms with Crippen molar-refractivity contribution in [2.24, 2.45) is 5.16 Å². The van der Waals surface area contributed by atoms with E-state index in [4.69, 9.17) is 4.84 Å². The highest BCUT2D eigenvalue weighted by molar-refractivity contribution is 5.99. The first-order valence-electron chi connectivity index (χ1n) is 8.41. The maximum Gasteiger partial charge on any atom is 0.265 e. The molecule has 0 unspecified atom stereocenters. The van der Waals surface area contributed by atoms with Crippen LogP contribution in [0.5, 0.6) is 0 Å². The van der Waals surface area contributed by atoms with E-state index < -0.39 is 0 Å². The zero-order chi connectivity index (χ0) is 18.9. The summed E-state index contributed by atoms with van der Waals surface area (Å²) in [6.45, 7) is 5.15. The van der Waals surface area contributed by atoms with Gasteiger partial charge in [0.05, 0.1) is 5.71 Å². The van der Waals surface area contributed by atoms with E-state index in [1.165, 1.54) is 12.5 Å². The number of hydrogen-bond acceptors (Lipinski definition) is 4. The smallest absolute Gasteiger partial charge is 0.265 e. The van der Waals surface area contributed by atoms with Gasteiger partial charge in [-0.25, -0.2) is 0 Å². The number of anilines is 2. The molecule has 0 fully saturated rings. The van der Waals surface area contributed by atoms with Crippen molar-refractivity contribution in [1.29, 1.82) is 0 Å². The summed E-state index contributed by atoms with van der Waals surface area (Å²) in [5.74, 6) is -0.395. The molecule has 2 aromatic rings. The third-order valence-electron chi connectivity index (χ3n) is 3.67. The summed E-state index contributed by atoms with van der Waals surface area (Å²) in [7, 11) is 0. The van der Waals surface area contributed by atoms with E-state index in [1.807, 2.05) is 36.4 Å². The Kier molecular flexibility index (Phi) is 6.91. The highest BCUT2D eigenvalue weighted by Crippen LogP contribution is 2.11. The molecular formula is C20H23N3O3. The van der Waals surface area contributed by atoms with Crippen molar-refractivity contribution in [2.75, 3.05) is 17.2 Å². The van der Waals surface area contributed by atoms with Gasteiger partial charge in [-0.3, -0.25) is 9.59 Å². The molecule has 0 aromatic heterocycles. The predicted octanol–water partition coefficient (Wildman–Crippen LogP) is 3.59. The van der Waals surface area contributed by atoms with Gasteiger partial charge < -0.3 is 15.5 Å². The standard InChI is InChI=1S/C20H23N3O3/c1-4-16-5-9-19(10-6-16)22-20(25)13-26-23-14(2)17-7-11-18(12-8-17)21-15(3)24/h5-12H,4,13H2,1-3H3,(H,21,24)(H,22,25)/b23-14+. The quantitative estimate of drug-likeness (QED) is 0.590. The van der Waals surface area contributed by atoms with E-state index >= 15 is 0 Å². The molecule has 26 heavy (non-hydrogen) atoms. The molecule has 0 spiro atoms. The summed E-state index contributed by atoms with van der Waals surface area (Å²) in [4.78, 5) is 28.0. The van der Waals surface area contributed by atoms with Crippen molar-refractivity contribution in [1.82, 2.24) is 0 Å². The summed E-state index contributed by atoms with van der Waals surface area (Å²) in [5.41, 5.74) is 4.13. The number of oxime groups is 1. The van der Waals surface area contributed by atoms with E-state index in [0.717, 1.165) is 17.7 Å². The van der Waals surface area contributed by atoms with Crippen LogP contribution in [0.25, 0.3) is 0 Å². The lowest BCUT2D eigenvalue weighted by molar-refractivity contribution is -0.120. The highest BCUT2D eigenvalue weighted by atomic mass is 16.6. The van der Waals surface area contributed by atoms with Gasteiger partial charge in [-0.2, -0.15) is 0 Å². The van der Waals surface area contributed by atoms with Crippen molar-refractivity contribution in [2.45, 2.75) is 27.2 Å². The van der Waals surface area contributed by atoms with E-state index in [1.54, 1.807) is 19.1 Å². The minimum absolute atomic E-state index is 0.123. The van der Waals surface area contributed by atoms with Gasteiger partial charge in [0.1, 0.15) is 0 Å². The number of nitrogens with zero attached hydrogens (tertiary/aromatic N) is 1. The molecule has 0 atom stereocenters. The zero-order valence-electron chi connectivity index (χ0n) is 15.2. The number of hydrogen-bond donors (Lipinski definition) is 2. The molecule has 6 heteroatoms. The summed E-state index contributed by atoms with van der Waals surface area (Å²) in [6, 6.07) is 14.9. The second kappa shape index (κ2) is 9.36. The highest BCUT2D eigenvalue weighted by Gasteiger charge is 2.04. The number of amides is 2. The molecule has 0 bridgehead atoms. The third-order valence-corrected chi connectivity index (χ3v) is 3.67.